The summed E-state index contributed by atoms with van der Waals surface area (Å²) in [7, 11) is -3.88. The molecule has 2 heterocycles. The zero-order valence-corrected chi connectivity index (χ0v) is 16.6. The number of carboxylic acids is 1. The first-order valence-corrected chi connectivity index (χ1v) is 10.5. The first-order chi connectivity index (χ1) is 12.7. The van der Waals surface area contributed by atoms with Gasteiger partial charge in [-0.25, -0.2) is 18.2 Å². The summed E-state index contributed by atoms with van der Waals surface area (Å²) in [5.41, 5.74) is 3.67. The van der Waals surface area contributed by atoms with Gasteiger partial charge < -0.3 is 15.7 Å². The van der Waals surface area contributed by atoms with Gasteiger partial charge in [-0.3, -0.25) is 0 Å². The van der Waals surface area contributed by atoms with Crippen LogP contribution in [0.15, 0.2) is 18.3 Å². The molecule has 1 saturated heterocycles. The fraction of sp³-hybridized carbons (Fsp3) is 0.529. The molecule has 148 valence electrons. The normalized spacial score (nSPS) is 17.7. The van der Waals surface area contributed by atoms with Gasteiger partial charge in [-0.2, -0.15) is 4.31 Å². The Morgan fingerprint density at radius 3 is 2.56 bits per heavy atom. The number of aromatic nitrogens is 1. The number of hydrogen-bond donors (Lipinski definition) is 2. The number of sulfonamides is 1. The maximum absolute atomic E-state index is 12.7. The van der Waals surface area contributed by atoms with Gasteiger partial charge in [0.15, 0.2) is 5.54 Å². The van der Waals surface area contributed by atoms with E-state index in [1.807, 2.05) is 11.8 Å². The first kappa shape index (κ1) is 21.4. The SMILES string of the molecule is CCCC#CC(N)(CS(=O)(=O)N1CCN(c2ccc(Cl)cn2)CC1)C(=O)O. The van der Waals surface area contributed by atoms with Gasteiger partial charge >= 0.3 is 5.97 Å². The number of nitrogens with two attached hydrogens (primary N) is 1. The molecule has 2 rings (SSSR count). The fourth-order valence-electron chi connectivity index (χ4n) is 2.63. The molecule has 27 heavy (non-hydrogen) atoms. The van der Waals surface area contributed by atoms with Crippen LogP contribution in [0.3, 0.4) is 0 Å². The Morgan fingerprint density at radius 1 is 1.37 bits per heavy atom. The zero-order chi connectivity index (χ0) is 20.1. The minimum absolute atomic E-state index is 0.213. The number of rotatable bonds is 6. The summed E-state index contributed by atoms with van der Waals surface area (Å²) in [4.78, 5) is 17.7. The number of anilines is 1. The molecule has 0 bridgehead atoms. The van der Waals surface area contributed by atoms with Gasteiger partial charge in [0.05, 0.1) is 5.02 Å². The average Bonchev–Trinajstić information content (AvgIpc) is 2.62. The summed E-state index contributed by atoms with van der Waals surface area (Å²) < 4.78 is 26.6. The number of pyridine rings is 1. The Hall–Kier alpha value is -1.86. The maximum Gasteiger partial charge on any atom is 0.337 e. The molecule has 1 fully saturated rings. The Kier molecular flexibility index (Phi) is 7.06. The Labute approximate surface area is 164 Å². The minimum Gasteiger partial charge on any atom is -0.479 e. The van der Waals surface area contributed by atoms with Gasteiger partial charge in [-0.05, 0) is 18.6 Å². The van der Waals surface area contributed by atoms with Crippen LogP contribution in [0.1, 0.15) is 19.8 Å². The summed E-state index contributed by atoms with van der Waals surface area (Å²) >= 11 is 5.83. The van der Waals surface area contributed by atoms with E-state index < -0.39 is 27.3 Å². The van der Waals surface area contributed by atoms with E-state index in [2.05, 4.69) is 16.8 Å². The van der Waals surface area contributed by atoms with Crippen LogP contribution in [0.5, 0.6) is 0 Å². The monoisotopic (exact) mass is 414 g/mol. The van der Waals surface area contributed by atoms with Crippen LogP contribution in [0, 0.1) is 11.8 Å². The van der Waals surface area contributed by atoms with Crippen molar-refractivity contribution in [1.82, 2.24) is 9.29 Å². The van der Waals surface area contributed by atoms with Gasteiger partial charge in [-0.1, -0.05) is 24.4 Å². The van der Waals surface area contributed by atoms with Crippen molar-refractivity contribution in [3.05, 3.63) is 23.4 Å². The topological polar surface area (TPSA) is 117 Å². The summed E-state index contributed by atoms with van der Waals surface area (Å²) in [6, 6.07) is 3.49. The van der Waals surface area contributed by atoms with Crippen molar-refractivity contribution in [1.29, 1.82) is 0 Å². The van der Waals surface area contributed by atoms with Crippen molar-refractivity contribution >= 4 is 33.4 Å². The van der Waals surface area contributed by atoms with Gasteiger partial charge in [0, 0.05) is 38.8 Å². The van der Waals surface area contributed by atoms with Gasteiger partial charge in [0.25, 0.3) is 0 Å². The van der Waals surface area contributed by atoms with Crippen LogP contribution < -0.4 is 10.6 Å². The van der Waals surface area contributed by atoms with Crippen molar-refractivity contribution in [2.75, 3.05) is 36.8 Å². The first-order valence-electron chi connectivity index (χ1n) is 8.54. The molecular weight excluding hydrogens is 392 g/mol. The lowest BCUT2D eigenvalue weighted by Gasteiger charge is -2.35. The van der Waals surface area contributed by atoms with Crippen molar-refractivity contribution in [3.63, 3.8) is 0 Å². The van der Waals surface area contributed by atoms with Crippen LogP contribution in [0.4, 0.5) is 5.82 Å². The Bertz CT molecular complexity index is 827. The zero-order valence-electron chi connectivity index (χ0n) is 15.1. The number of nitrogens with zero attached hydrogens (tertiary/aromatic N) is 3. The molecule has 1 aliphatic heterocycles. The predicted molar refractivity (Wildman–Crippen MR) is 104 cm³/mol. The molecule has 1 aliphatic rings. The number of carbonyl (C=O) groups is 1. The number of hydrogen-bond acceptors (Lipinski definition) is 6. The molecule has 1 aromatic rings. The van der Waals surface area contributed by atoms with Crippen molar-refractivity contribution in [2.24, 2.45) is 5.73 Å². The fourth-order valence-corrected chi connectivity index (χ4v) is 4.41. The molecule has 0 spiro atoms. The highest BCUT2D eigenvalue weighted by molar-refractivity contribution is 7.89. The van der Waals surface area contributed by atoms with Crippen LogP contribution in [0.25, 0.3) is 0 Å². The second kappa shape index (κ2) is 8.89. The van der Waals surface area contributed by atoms with Crippen molar-refractivity contribution < 1.29 is 18.3 Å². The second-order valence-electron chi connectivity index (χ2n) is 6.31. The number of piperazine rings is 1. The molecule has 0 aliphatic carbocycles. The standard InChI is InChI=1S/C17H23ClN4O4S/c1-2-3-4-7-17(19,16(23)24)13-27(25,26)22-10-8-21(9-11-22)15-6-5-14(18)12-20-15/h5-6,12H,2-3,8-11,13,19H2,1H3,(H,23,24). The highest BCUT2D eigenvalue weighted by Gasteiger charge is 2.40. The third kappa shape index (κ3) is 5.56. The average molecular weight is 415 g/mol. The van der Waals surface area contributed by atoms with Crippen molar-refractivity contribution in [2.45, 2.75) is 25.3 Å². The molecule has 3 N–H and O–H groups in total. The van der Waals surface area contributed by atoms with E-state index in [0.29, 0.717) is 30.4 Å². The van der Waals surface area contributed by atoms with Crippen LogP contribution in [0.2, 0.25) is 5.02 Å². The van der Waals surface area contributed by atoms with E-state index in [0.717, 1.165) is 6.42 Å². The van der Waals surface area contributed by atoms with Crippen LogP contribution in [-0.2, 0) is 14.8 Å². The number of halogens is 1. The smallest absolute Gasteiger partial charge is 0.337 e. The van der Waals surface area contributed by atoms with E-state index in [4.69, 9.17) is 17.3 Å². The Morgan fingerprint density at radius 2 is 2.04 bits per heavy atom. The van der Waals surface area contributed by atoms with E-state index in [1.54, 1.807) is 12.1 Å². The lowest BCUT2D eigenvalue weighted by Crippen LogP contribution is -2.57. The van der Waals surface area contributed by atoms with E-state index in [1.165, 1.54) is 10.5 Å². The molecule has 1 atom stereocenters. The van der Waals surface area contributed by atoms with Gasteiger partial charge in [0.1, 0.15) is 11.6 Å². The molecule has 0 saturated carbocycles. The molecule has 0 aromatic carbocycles. The number of carboxylic acid groups (broad SMARTS) is 1. The third-order valence-electron chi connectivity index (χ3n) is 4.15. The third-order valence-corrected chi connectivity index (χ3v) is 6.34. The summed E-state index contributed by atoms with van der Waals surface area (Å²) in [5, 5.41) is 9.89. The van der Waals surface area contributed by atoms with E-state index in [-0.39, 0.29) is 13.1 Å². The lowest BCUT2D eigenvalue weighted by molar-refractivity contribution is -0.140. The quantitative estimate of drug-likeness (QED) is 0.660. The molecular formula is C17H23ClN4O4S. The highest BCUT2D eigenvalue weighted by Crippen LogP contribution is 2.18. The summed E-state index contributed by atoms with van der Waals surface area (Å²) in [5.74, 6) is 3.58. The largest absolute Gasteiger partial charge is 0.479 e. The highest BCUT2D eigenvalue weighted by atomic mass is 35.5. The molecule has 0 amide bonds. The lowest BCUT2D eigenvalue weighted by atomic mass is 10.1. The number of aliphatic carboxylic acids is 1. The molecule has 1 aromatic heterocycles. The molecule has 1 unspecified atom stereocenters. The molecule has 10 heteroatoms. The maximum atomic E-state index is 12.7. The minimum atomic E-state index is -3.88. The van der Waals surface area contributed by atoms with Crippen molar-refractivity contribution in [3.8, 4) is 11.8 Å². The van der Waals surface area contributed by atoms with Crippen LogP contribution >= 0.6 is 11.6 Å². The van der Waals surface area contributed by atoms with Gasteiger partial charge in [-0.15, -0.1) is 5.92 Å². The second-order valence-corrected chi connectivity index (χ2v) is 8.71. The van der Waals surface area contributed by atoms with E-state index >= 15 is 0 Å². The summed E-state index contributed by atoms with van der Waals surface area (Å²) in [6.45, 7) is 3.18. The van der Waals surface area contributed by atoms with Crippen LogP contribution in [-0.4, -0.2) is 66.3 Å². The Balaban J connectivity index is 2.06. The molecule has 8 nitrogen and oxygen atoms in total. The van der Waals surface area contributed by atoms with E-state index in [9.17, 15) is 18.3 Å². The molecule has 0 radical (unpaired) electrons. The summed E-state index contributed by atoms with van der Waals surface area (Å²) in [6.07, 6.45) is 2.72. The number of unbranched alkanes of at least 4 members (excludes halogenated alkanes) is 1. The van der Waals surface area contributed by atoms with Gasteiger partial charge in [0.2, 0.25) is 10.0 Å². The predicted octanol–water partition coefficient (Wildman–Crippen LogP) is 0.772.